The first-order chi connectivity index (χ1) is 13.9. The van der Waals surface area contributed by atoms with Crippen LogP contribution in [0.15, 0.2) is 0 Å². The van der Waals surface area contributed by atoms with Crippen molar-refractivity contribution >= 4 is 15.9 Å². The maximum Gasteiger partial charge on any atom is 0.0701 e. The molecule has 0 aliphatic heterocycles. The SMILES string of the molecule is CCCOCCOCCOCCOCCOCCOCCOCCOCCBr. The highest BCUT2D eigenvalue weighted by Gasteiger charge is 1.94. The molecule has 0 aromatic heterocycles. The van der Waals surface area contributed by atoms with Crippen LogP contribution in [0.5, 0.6) is 0 Å². The summed E-state index contributed by atoms with van der Waals surface area (Å²) in [4.78, 5) is 0. The molecule has 0 spiro atoms. The van der Waals surface area contributed by atoms with Crippen molar-refractivity contribution < 1.29 is 37.9 Å². The van der Waals surface area contributed by atoms with Gasteiger partial charge in [-0.15, -0.1) is 0 Å². The maximum absolute atomic E-state index is 5.42. The fourth-order valence-electron chi connectivity index (χ4n) is 1.84. The van der Waals surface area contributed by atoms with Crippen LogP contribution >= 0.6 is 15.9 Å². The minimum atomic E-state index is 0.547. The molecule has 0 aliphatic rings. The molecule has 0 heterocycles. The zero-order chi connectivity index (χ0) is 20.4. The summed E-state index contributed by atoms with van der Waals surface area (Å²) in [7, 11) is 0. The average molecular weight is 475 g/mol. The summed E-state index contributed by atoms with van der Waals surface area (Å²) in [6.45, 7) is 11.6. The normalized spacial score (nSPS) is 11.4. The van der Waals surface area contributed by atoms with Crippen LogP contribution in [0, 0.1) is 0 Å². The Morgan fingerprint density at radius 1 is 0.357 bits per heavy atom. The predicted octanol–water partition coefficient (Wildman–Crippen LogP) is 1.92. The average Bonchev–Trinajstić information content (AvgIpc) is 2.71. The van der Waals surface area contributed by atoms with Crippen LogP contribution in [-0.4, -0.2) is 111 Å². The molecule has 0 atom stereocenters. The number of rotatable bonds is 25. The van der Waals surface area contributed by atoms with E-state index in [1.54, 1.807) is 0 Å². The van der Waals surface area contributed by atoms with E-state index in [1.165, 1.54) is 0 Å². The van der Waals surface area contributed by atoms with Crippen LogP contribution in [0.4, 0.5) is 0 Å². The fraction of sp³-hybridized carbons (Fsp3) is 1.00. The largest absolute Gasteiger partial charge is 0.379 e. The zero-order valence-corrected chi connectivity index (χ0v) is 19.0. The van der Waals surface area contributed by atoms with Crippen LogP contribution in [0.3, 0.4) is 0 Å². The van der Waals surface area contributed by atoms with Gasteiger partial charge < -0.3 is 37.9 Å². The Balaban J connectivity index is 2.96. The van der Waals surface area contributed by atoms with Gasteiger partial charge in [-0.25, -0.2) is 0 Å². The van der Waals surface area contributed by atoms with Gasteiger partial charge in [0.1, 0.15) is 0 Å². The molecule has 0 saturated carbocycles. The first kappa shape index (κ1) is 28.2. The molecule has 9 heteroatoms. The lowest BCUT2D eigenvalue weighted by atomic mass is 10.5. The van der Waals surface area contributed by atoms with Crippen molar-refractivity contribution in [3.8, 4) is 0 Å². The number of hydrogen-bond acceptors (Lipinski definition) is 8. The van der Waals surface area contributed by atoms with E-state index in [0.717, 1.165) is 18.4 Å². The molecule has 28 heavy (non-hydrogen) atoms. The minimum absolute atomic E-state index is 0.547. The van der Waals surface area contributed by atoms with Gasteiger partial charge in [0.25, 0.3) is 0 Å². The van der Waals surface area contributed by atoms with Crippen molar-refractivity contribution in [3.05, 3.63) is 0 Å². The quantitative estimate of drug-likeness (QED) is 0.147. The van der Waals surface area contributed by atoms with Crippen LogP contribution in [0.2, 0.25) is 0 Å². The molecule has 0 aromatic rings. The molecule has 0 unspecified atom stereocenters. The van der Waals surface area contributed by atoms with Gasteiger partial charge in [-0.2, -0.15) is 0 Å². The summed E-state index contributed by atoms with van der Waals surface area (Å²) in [5.41, 5.74) is 0. The van der Waals surface area contributed by atoms with Gasteiger partial charge in [0.2, 0.25) is 0 Å². The van der Waals surface area contributed by atoms with E-state index in [2.05, 4.69) is 22.9 Å². The molecule has 0 aromatic carbocycles. The lowest BCUT2D eigenvalue weighted by molar-refractivity contribution is -0.0227. The maximum atomic E-state index is 5.42. The molecule has 0 amide bonds. The Kier molecular flexibility index (Phi) is 27.3. The van der Waals surface area contributed by atoms with E-state index in [0.29, 0.717) is 99.1 Å². The fourth-order valence-corrected chi connectivity index (χ4v) is 2.07. The number of hydrogen-bond donors (Lipinski definition) is 0. The van der Waals surface area contributed by atoms with Crippen LogP contribution in [0.1, 0.15) is 13.3 Å². The van der Waals surface area contributed by atoms with Gasteiger partial charge in [-0.3, -0.25) is 0 Å². The lowest BCUT2D eigenvalue weighted by Gasteiger charge is -2.08. The second kappa shape index (κ2) is 27.2. The number of ether oxygens (including phenoxy) is 8. The summed E-state index contributed by atoms with van der Waals surface area (Å²) in [6, 6.07) is 0. The van der Waals surface area contributed by atoms with E-state index < -0.39 is 0 Å². The van der Waals surface area contributed by atoms with Crippen LogP contribution < -0.4 is 0 Å². The third kappa shape index (κ3) is 26.2. The van der Waals surface area contributed by atoms with Gasteiger partial charge in [0, 0.05) is 11.9 Å². The monoisotopic (exact) mass is 474 g/mol. The summed E-state index contributed by atoms with van der Waals surface area (Å²) in [5, 5.41) is 0.847. The molecule has 8 nitrogen and oxygen atoms in total. The van der Waals surface area contributed by atoms with E-state index in [-0.39, 0.29) is 0 Å². The molecule has 0 fully saturated rings. The standard InChI is InChI=1S/C19H39BrO8/c1-2-4-21-6-8-23-10-12-25-14-16-27-18-19-28-17-15-26-13-11-24-9-7-22-5-3-20/h2-19H2,1H3. The predicted molar refractivity (Wildman–Crippen MR) is 111 cm³/mol. The highest BCUT2D eigenvalue weighted by atomic mass is 79.9. The van der Waals surface area contributed by atoms with Crippen molar-refractivity contribution in [1.29, 1.82) is 0 Å². The molecule has 0 saturated heterocycles. The minimum Gasteiger partial charge on any atom is -0.379 e. The van der Waals surface area contributed by atoms with E-state index in [1.807, 2.05) is 0 Å². The number of alkyl halides is 1. The summed E-state index contributed by atoms with van der Waals surface area (Å²) in [6.07, 6.45) is 1.03. The Bertz CT molecular complexity index is 248. The highest BCUT2D eigenvalue weighted by molar-refractivity contribution is 9.09. The first-order valence-electron chi connectivity index (χ1n) is 10.1. The molecule has 170 valence electrons. The lowest BCUT2D eigenvalue weighted by Crippen LogP contribution is -2.15. The van der Waals surface area contributed by atoms with Crippen molar-refractivity contribution in [2.75, 3.05) is 111 Å². The van der Waals surface area contributed by atoms with Gasteiger partial charge in [0.15, 0.2) is 0 Å². The van der Waals surface area contributed by atoms with Gasteiger partial charge in [-0.1, -0.05) is 22.9 Å². The van der Waals surface area contributed by atoms with E-state index >= 15 is 0 Å². The topological polar surface area (TPSA) is 73.8 Å². The Morgan fingerprint density at radius 3 is 0.786 bits per heavy atom. The van der Waals surface area contributed by atoms with Gasteiger partial charge >= 0.3 is 0 Å². The van der Waals surface area contributed by atoms with E-state index in [9.17, 15) is 0 Å². The van der Waals surface area contributed by atoms with Crippen molar-refractivity contribution in [1.82, 2.24) is 0 Å². The zero-order valence-electron chi connectivity index (χ0n) is 17.4. The molecular formula is C19H39BrO8. The Labute approximate surface area is 178 Å². The summed E-state index contributed by atoms with van der Waals surface area (Å²) in [5.74, 6) is 0. The smallest absolute Gasteiger partial charge is 0.0701 e. The third-order valence-electron chi connectivity index (χ3n) is 3.17. The van der Waals surface area contributed by atoms with Crippen molar-refractivity contribution in [2.45, 2.75) is 13.3 Å². The van der Waals surface area contributed by atoms with Crippen LogP contribution in [0.25, 0.3) is 0 Å². The van der Waals surface area contributed by atoms with Crippen molar-refractivity contribution in [2.24, 2.45) is 0 Å². The van der Waals surface area contributed by atoms with Gasteiger partial charge in [0.05, 0.1) is 99.1 Å². The molecule has 0 N–H and O–H groups in total. The van der Waals surface area contributed by atoms with E-state index in [4.69, 9.17) is 37.9 Å². The molecule has 0 bridgehead atoms. The second-order valence-corrected chi connectivity index (χ2v) is 6.38. The number of halogens is 1. The highest BCUT2D eigenvalue weighted by Crippen LogP contribution is 1.86. The molecule has 0 aliphatic carbocycles. The molecular weight excluding hydrogens is 436 g/mol. The second-order valence-electron chi connectivity index (χ2n) is 5.59. The van der Waals surface area contributed by atoms with Crippen LogP contribution in [-0.2, 0) is 37.9 Å². The Hall–Kier alpha value is 0.160. The summed E-state index contributed by atoms with van der Waals surface area (Å²) >= 11 is 3.29. The first-order valence-corrected chi connectivity index (χ1v) is 11.2. The molecule has 0 radical (unpaired) electrons. The summed E-state index contributed by atoms with van der Waals surface area (Å²) < 4.78 is 43.0. The Morgan fingerprint density at radius 2 is 0.571 bits per heavy atom. The third-order valence-corrected chi connectivity index (χ3v) is 3.50. The van der Waals surface area contributed by atoms with Crippen molar-refractivity contribution in [3.63, 3.8) is 0 Å². The molecule has 0 rings (SSSR count). The van der Waals surface area contributed by atoms with Gasteiger partial charge in [-0.05, 0) is 6.42 Å².